The van der Waals surface area contributed by atoms with Crippen LogP contribution in [0.2, 0.25) is 25.1 Å². The molecule has 1 aromatic heterocycles. The van der Waals surface area contributed by atoms with Gasteiger partial charge in [0.25, 0.3) is 0 Å². The summed E-state index contributed by atoms with van der Waals surface area (Å²) in [5.41, 5.74) is -5.83. The second kappa shape index (κ2) is 6.85. The van der Waals surface area contributed by atoms with E-state index in [1.54, 1.807) is 0 Å². The van der Waals surface area contributed by atoms with Gasteiger partial charge in [-0.1, -0.05) is 58.0 Å². The molecule has 12 heteroatoms. The molecule has 0 spiro atoms. The van der Waals surface area contributed by atoms with Gasteiger partial charge in [-0.25, -0.2) is 0 Å². The Kier molecular flexibility index (Phi) is 5.67. The van der Waals surface area contributed by atoms with Gasteiger partial charge in [-0.15, -0.1) is 0 Å². The maximum Gasteiger partial charge on any atom is 0.433 e. The number of pyridine rings is 1. The molecule has 0 radical (unpaired) electrons. The van der Waals surface area contributed by atoms with Gasteiger partial charge >= 0.3 is 12.4 Å². The highest BCUT2D eigenvalue weighted by Gasteiger charge is 2.47. The Balaban J connectivity index is 3.01. The lowest BCUT2D eigenvalue weighted by atomic mass is 9.98. The van der Waals surface area contributed by atoms with Crippen LogP contribution in [-0.2, 0) is 12.4 Å². The Morgan fingerprint density at radius 2 is 1.12 bits per heavy atom. The van der Waals surface area contributed by atoms with E-state index in [1.807, 2.05) is 0 Å². The molecule has 0 bridgehead atoms. The maximum absolute atomic E-state index is 13.4. The Morgan fingerprint density at radius 3 is 1.52 bits per heavy atom. The topological polar surface area (TPSA) is 12.9 Å². The predicted molar refractivity (Wildman–Crippen MR) is 84.7 cm³/mol. The van der Waals surface area contributed by atoms with Crippen LogP contribution < -0.4 is 0 Å². The van der Waals surface area contributed by atoms with Gasteiger partial charge in [0.2, 0.25) is 0 Å². The highest BCUT2D eigenvalue weighted by atomic mass is 35.5. The third kappa shape index (κ3) is 3.76. The van der Waals surface area contributed by atoms with Gasteiger partial charge in [0.15, 0.2) is 5.69 Å². The van der Waals surface area contributed by atoms with Crippen molar-refractivity contribution in [3.8, 4) is 11.1 Å². The van der Waals surface area contributed by atoms with Crippen LogP contribution in [0, 0.1) is 0 Å². The van der Waals surface area contributed by atoms with E-state index < -0.39 is 54.8 Å². The van der Waals surface area contributed by atoms with Gasteiger partial charge in [-0.2, -0.15) is 26.3 Å². The molecule has 0 unspecified atom stereocenters. The van der Waals surface area contributed by atoms with E-state index in [1.165, 1.54) is 0 Å². The first-order valence-corrected chi connectivity index (χ1v) is 7.82. The SMILES string of the molecule is FC(F)(F)c1nccc(-c2c(Cl)c(Cl)c(Cl)c(Cl)c2Cl)c1C(F)(F)F. The molecule has 0 fully saturated rings. The third-order valence-corrected chi connectivity index (χ3v) is 5.26. The summed E-state index contributed by atoms with van der Waals surface area (Å²) >= 11 is 29.0. The average molecular weight is 463 g/mol. The number of aromatic nitrogens is 1. The minimum atomic E-state index is -5.42. The molecule has 0 saturated heterocycles. The number of alkyl halides is 6. The Morgan fingerprint density at radius 1 is 0.680 bits per heavy atom. The van der Waals surface area contributed by atoms with Crippen molar-refractivity contribution in [2.45, 2.75) is 12.4 Å². The molecule has 0 aliphatic carbocycles. The highest BCUT2D eigenvalue weighted by molar-refractivity contribution is 6.56. The summed E-state index contributed by atoms with van der Waals surface area (Å²) in [5, 5.41) is -2.41. The Bertz CT molecular complexity index is 817. The molecule has 1 heterocycles. The number of rotatable bonds is 1. The smallest absolute Gasteiger partial charge is 0.251 e. The molecule has 1 aromatic carbocycles. The first-order valence-electron chi connectivity index (χ1n) is 5.93. The minimum absolute atomic E-state index is 0.347. The number of halogens is 11. The van der Waals surface area contributed by atoms with E-state index >= 15 is 0 Å². The largest absolute Gasteiger partial charge is 0.433 e. The molecule has 136 valence electrons. The van der Waals surface area contributed by atoms with E-state index in [0.29, 0.717) is 12.3 Å². The van der Waals surface area contributed by atoms with Gasteiger partial charge in [-0.05, 0) is 6.07 Å². The van der Waals surface area contributed by atoms with Crippen LogP contribution in [0.3, 0.4) is 0 Å². The molecule has 0 N–H and O–H groups in total. The van der Waals surface area contributed by atoms with Crippen LogP contribution in [0.25, 0.3) is 11.1 Å². The third-order valence-electron chi connectivity index (χ3n) is 2.98. The van der Waals surface area contributed by atoms with Gasteiger partial charge in [0.05, 0.1) is 30.7 Å². The fourth-order valence-electron chi connectivity index (χ4n) is 2.01. The second-order valence-electron chi connectivity index (χ2n) is 4.52. The standard InChI is InChI=1S/C13H2Cl5F6N/c14-6-4(7(15)9(17)10(18)8(6)16)3-1-2-25-11(13(22,23)24)5(3)12(19,20)21/h1-2H. The highest BCUT2D eigenvalue weighted by Crippen LogP contribution is 2.52. The lowest BCUT2D eigenvalue weighted by Crippen LogP contribution is -2.19. The van der Waals surface area contributed by atoms with E-state index in [9.17, 15) is 26.3 Å². The van der Waals surface area contributed by atoms with Crippen molar-refractivity contribution in [1.29, 1.82) is 0 Å². The van der Waals surface area contributed by atoms with E-state index in [-0.39, 0.29) is 5.02 Å². The van der Waals surface area contributed by atoms with Crippen LogP contribution in [0.1, 0.15) is 11.3 Å². The fraction of sp³-hybridized carbons (Fsp3) is 0.154. The van der Waals surface area contributed by atoms with Crippen molar-refractivity contribution >= 4 is 58.0 Å². The molecule has 0 aliphatic heterocycles. The molecule has 1 nitrogen and oxygen atoms in total. The zero-order chi connectivity index (χ0) is 19.3. The van der Waals surface area contributed by atoms with Crippen molar-refractivity contribution in [3.63, 3.8) is 0 Å². The van der Waals surface area contributed by atoms with Crippen molar-refractivity contribution in [2.75, 3.05) is 0 Å². The summed E-state index contributed by atoms with van der Waals surface area (Å²) in [6, 6.07) is 0.672. The second-order valence-corrected chi connectivity index (χ2v) is 6.41. The number of hydrogen-bond donors (Lipinski definition) is 0. The lowest BCUT2D eigenvalue weighted by Gasteiger charge is -2.20. The van der Waals surface area contributed by atoms with E-state index in [2.05, 4.69) is 4.98 Å². The first kappa shape index (κ1) is 20.7. The molecule has 0 atom stereocenters. The summed E-state index contributed by atoms with van der Waals surface area (Å²) in [4.78, 5) is 2.80. The molecule has 0 saturated carbocycles. The van der Waals surface area contributed by atoms with E-state index in [4.69, 9.17) is 58.0 Å². The lowest BCUT2D eigenvalue weighted by molar-refractivity contribution is -0.164. The molecule has 25 heavy (non-hydrogen) atoms. The molecular weight excluding hydrogens is 461 g/mol. The zero-order valence-electron chi connectivity index (χ0n) is 11.3. The van der Waals surface area contributed by atoms with Gasteiger partial charge in [0.1, 0.15) is 0 Å². The van der Waals surface area contributed by atoms with Crippen LogP contribution in [0.15, 0.2) is 12.3 Å². The van der Waals surface area contributed by atoms with Crippen LogP contribution in [0.4, 0.5) is 26.3 Å². The maximum atomic E-state index is 13.4. The van der Waals surface area contributed by atoms with Crippen molar-refractivity contribution in [3.05, 3.63) is 48.6 Å². The molecule has 2 rings (SSSR count). The van der Waals surface area contributed by atoms with Gasteiger partial charge in [-0.3, -0.25) is 4.98 Å². The zero-order valence-corrected chi connectivity index (χ0v) is 15.0. The normalized spacial score (nSPS) is 12.6. The number of hydrogen-bond acceptors (Lipinski definition) is 1. The quantitative estimate of drug-likeness (QED) is 0.237. The minimum Gasteiger partial charge on any atom is -0.251 e. The van der Waals surface area contributed by atoms with Crippen LogP contribution in [-0.4, -0.2) is 4.98 Å². The molecule has 2 aromatic rings. The van der Waals surface area contributed by atoms with Gasteiger partial charge < -0.3 is 0 Å². The molecule has 0 amide bonds. The summed E-state index contributed by atoms with van der Waals surface area (Å²) in [7, 11) is 0. The van der Waals surface area contributed by atoms with Crippen molar-refractivity contribution < 1.29 is 26.3 Å². The Hall–Kier alpha value is -0.600. The molecule has 0 aliphatic rings. The molecular formula is C13H2Cl5F6N. The number of benzene rings is 1. The average Bonchev–Trinajstić information content (AvgIpc) is 2.49. The van der Waals surface area contributed by atoms with Crippen molar-refractivity contribution in [1.82, 2.24) is 4.98 Å². The summed E-state index contributed by atoms with van der Waals surface area (Å²) in [5.74, 6) is 0. The van der Waals surface area contributed by atoms with Crippen molar-refractivity contribution in [2.24, 2.45) is 0 Å². The Labute approximate surface area is 161 Å². The fourth-order valence-corrected chi connectivity index (χ4v) is 3.36. The summed E-state index contributed by atoms with van der Waals surface area (Å²) in [6.07, 6.45) is -10.3. The summed E-state index contributed by atoms with van der Waals surface area (Å²) in [6.45, 7) is 0. The summed E-state index contributed by atoms with van der Waals surface area (Å²) < 4.78 is 79.0. The number of nitrogens with zero attached hydrogens (tertiary/aromatic N) is 1. The van der Waals surface area contributed by atoms with E-state index in [0.717, 1.165) is 0 Å². The predicted octanol–water partition coefficient (Wildman–Crippen LogP) is 8.05. The van der Waals surface area contributed by atoms with Crippen LogP contribution in [0.5, 0.6) is 0 Å². The van der Waals surface area contributed by atoms with Gasteiger partial charge in [0, 0.05) is 17.3 Å². The van der Waals surface area contributed by atoms with Crippen LogP contribution >= 0.6 is 58.0 Å². The first-order chi connectivity index (χ1) is 11.3. The monoisotopic (exact) mass is 461 g/mol.